The molecule has 9 heteroatoms. The number of aromatic nitrogens is 2. The van der Waals surface area contributed by atoms with Crippen molar-refractivity contribution in [2.75, 3.05) is 23.7 Å². The van der Waals surface area contributed by atoms with Crippen LogP contribution >= 0.6 is 23.2 Å². The molecule has 0 saturated carbocycles. The number of nitrogens with zero attached hydrogens (tertiary/aromatic N) is 3. The van der Waals surface area contributed by atoms with Crippen molar-refractivity contribution in [3.05, 3.63) is 69.3 Å². The van der Waals surface area contributed by atoms with Crippen LogP contribution in [-0.2, 0) is 10.2 Å². The van der Waals surface area contributed by atoms with E-state index in [1.165, 1.54) is 4.90 Å². The highest BCUT2D eigenvalue weighted by atomic mass is 35.5. The van der Waals surface area contributed by atoms with E-state index in [0.29, 0.717) is 34.5 Å². The lowest BCUT2D eigenvalue weighted by Crippen LogP contribution is -2.41. The van der Waals surface area contributed by atoms with E-state index in [-0.39, 0.29) is 23.9 Å². The summed E-state index contributed by atoms with van der Waals surface area (Å²) in [6.07, 6.45) is 0.711. The highest BCUT2D eigenvalue weighted by Crippen LogP contribution is 2.29. The van der Waals surface area contributed by atoms with Crippen LogP contribution in [0.4, 0.5) is 16.3 Å². The Morgan fingerprint density at radius 1 is 1.00 bits per heavy atom. The van der Waals surface area contributed by atoms with Crippen LogP contribution in [0.3, 0.4) is 0 Å². The molecule has 0 unspecified atom stereocenters. The molecule has 3 aromatic rings. The van der Waals surface area contributed by atoms with Gasteiger partial charge in [-0.1, -0.05) is 69.1 Å². The number of hydrogen-bond donors (Lipinski definition) is 2. The van der Waals surface area contributed by atoms with Crippen LogP contribution in [0.2, 0.25) is 10.0 Å². The SMILES string of the molecule is CCCN(CC(=O)Nc1cc(C(C)(C)C)nn1-c1ccc(Cl)c(Cl)c1)C(=O)Nc1c(C)cccc1C. The van der Waals surface area contributed by atoms with Gasteiger partial charge in [-0.2, -0.15) is 5.10 Å². The lowest BCUT2D eigenvalue weighted by molar-refractivity contribution is -0.116. The van der Waals surface area contributed by atoms with Crippen LogP contribution in [0.15, 0.2) is 42.5 Å². The molecule has 1 aromatic heterocycles. The quantitative estimate of drug-likeness (QED) is 0.346. The van der Waals surface area contributed by atoms with E-state index in [9.17, 15) is 9.59 Å². The first kappa shape index (κ1) is 27.6. The van der Waals surface area contributed by atoms with E-state index < -0.39 is 0 Å². The molecule has 2 aromatic carbocycles. The summed E-state index contributed by atoms with van der Waals surface area (Å²) in [7, 11) is 0. The highest BCUT2D eigenvalue weighted by Gasteiger charge is 2.23. The van der Waals surface area contributed by atoms with Gasteiger partial charge in [0.1, 0.15) is 12.4 Å². The normalized spacial score (nSPS) is 11.3. The van der Waals surface area contributed by atoms with Crippen molar-refractivity contribution in [3.8, 4) is 5.69 Å². The molecular formula is C27H33Cl2N5O2. The van der Waals surface area contributed by atoms with Gasteiger partial charge in [-0.3, -0.25) is 4.79 Å². The third-order valence-corrected chi connectivity index (χ3v) is 6.46. The second-order valence-electron chi connectivity index (χ2n) is 9.84. The Morgan fingerprint density at radius 2 is 1.67 bits per heavy atom. The van der Waals surface area contributed by atoms with E-state index in [2.05, 4.69) is 10.6 Å². The molecule has 3 amide bonds. The van der Waals surface area contributed by atoms with E-state index >= 15 is 0 Å². The Balaban J connectivity index is 1.84. The van der Waals surface area contributed by atoms with Crippen LogP contribution in [0.1, 0.15) is 50.9 Å². The predicted octanol–water partition coefficient (Wildman–Crippen LogP) is 6.98. The first-order valence-electron chi connectivity index (χ1n) is 11.9. The van der Waals surface area contributed by atoms with Crippen LogP contribution in [0.5, 0.6) is 0 Å². The molecule has 192 valence electrons. The van der Waals surface area contributed by atoms with Gasteiger partial charge in [0.15, 0.2) is 0 Å². The number of carbonyl (C=O) groups excluding carboxylic acids is 2. The van der Waals surface area contributed by atoms with Gasteiger partial charge in [0, 0.05) is 23.7 Å². The highest BCUT2D eigenvalue weighted by molar-refractivity contribution is 6.42. The van der Waals surface area contributed by atoms with Crippen molar-refractivity contribution in [3.63, 3.8) is 0 Å². The van der Waals surface area contributed by atoms with Gasteiger partial charge in [0.2, 0.25) is 5.91 Å². The summed E-state index contributed by atoms with van der Waals surface area (Å²) in [5.41, 5.74) is 3.89. The number of amides is 3. The molecule has 1 heterocycles. The minimum absolute atomic E-state index is 0.109. The predicted molar refractivity (Wildman–Crippen MR) is 148 cm³/mol. The van der Waals surface area contributed by atoms with Gasteiger partial charge in [0.25, 0.3) is 0 Å². The maximum Gasteiger partial charge on any atom is 0.322 e. The summed E-state index contributed by atoms with van der Waals surface area (Å²) >= 11 is 12.3. The van der Waals surface area contributed by atoms with E-state index in [1.807, 2.05) is 65.8 Å². The number of para-hydroxylation sites is 1. The molecule has 7 nitrogen and oxygen atoms in total. The fraction of sp³-hybridized carbons (Fsp3) is 0.370. The second-order valence-corrected chi connectivity index (χ2v) is 10.7. The van der Waals surface area contributed by atoms with Gasteiger partial charge >= 0.3 is 6.03 Å². The van der Waals surface area contributed by atoms with Crippen LogP contribution in [0, 0.1) is 13.8 Å². The summed E-state index contributed by atoms with van der Waals surface area (Å²) < 4.78 is 1.63. The third-order valence-electron chi connectivity index (χ3n) is 5.72. The Labute approximate surface area is 222 Å². The molecule has 0 radical (unpaired) electrons. The average molecular weight is 531 g/mol. The monoisotopic (exact) mass is 529 g/mol. The molecule has 0 aliphatic rings. The fourth-order valence-electron chi connectivity index (χ4n) is 3.73. The Hall–Kier alpha value is -3.03. The maximum atomic E-state index is 13.1. The van der Waals surface area contributed by atoms with E-state index in [0.717, 1.165) is 22.5 Å². The standard InChI is InChI=1S/C27H33Cl2N5O2/c1-7-13-33(26(36)31-25-17(2)9-8-10-18(25)3)16-24(35)30-23-15-22(27(4,5)6)32-34(23)19-11-12-20(28)21(29)14-19/h8-12,14-15H,7,13,16H2,1-6H3,(H,30,35)(H,31,36). The lowest BCUT2D eigenvalue weighted by atomic mass is 9.92. The lowest BCUT2D eigenvalue weighted by Gasteiger charge is -2.23. The summed E-state index contributed by atoms with van der Waals surface area (Å²) in [6.45, 7) is 12.3. The van der Waals surface area contributed by atoms with Crippen molar-refractivity contribution in [1.29, 1.82) is 0 Å². The molecule has 0 spiro atoms. The minimum atomic E-state index is -0.332. The number of halogens is 2. The average Bonchev–Trinajstić information content (AvgIpc) is 3.22. The van der Waals surface area contributed by atoms with Crippen LogP contribution in [0.25, 0.3) is 5.69 Å². The number of carbonyl (C=O) groups is 2. The molecule has 0 aliphatic carbocycles. The second kappa shape index (κ2) is 11.4. The zero-order valence-electron chi connectivity index (χ0n) is 21.6. The number of benzene rings is 2. The van der Waals surface area contributed by atoms with Crippen molar-refractivity contribution in [2.24, 2.45) is 0 Å². The molecule has 36 heavy (non-hydrogen) atoms. The number of nitrogens with one attached hydrogen (secondary N) is 2. The Kier molecular flexibility index (Phi) is 8.69. The number of aryl methyl sites for hydroxylation is 2. The van der Waals surface area contributed by atoms with E-state index in [4.69, 9.17) is 28.3 Å². The van der Waals surface area contributed by atoms with Crippen molar-refractivity contribution in [1.82, 2.24) is 14.7 Å². The topological polar surface area (TPSA) is 79.3 Å². The summed E-state index contributed by atoms with van der Waals surface area (Å²) in [5.74, 6) is 0.150. The number of rotatable bonds is 7. The van der Waals surface area contributed by atoms with E-state index in [1.54, 1.807) is 22.9 Å². The zero-order chi connectivity index (χ0) is 26.6. The Morgan fingerprint density at radius 3 is 2.25 bits per heavy atom. The van der Waals surface area contributed by atoms with Gasteiger partial charge in [0.05, 0.1) is 21.4 Å². The number of urea groups is 1. The minimum Gasteiger partial charge on any atom is -0.315 e. The smallest absolute Gasteiger partial charge is 0.315 e. The molecule has 0 aliphatic heterocycles. The van der Waals surface area contributed by atoms with Gasteiger partial charge < -0.3 is 15.5 Å². The summed E-state index contributed by atoms with van der Waals surface area (Å²) in [5, 5.41) is 11.4. The van der Waals surface area contributed by atoms with Crippen molar-refractivity contribution in [2.45, 2.75) is 53.4 Å². The first-order valence-corrected chi connectivity index (χ1v) is 12.6. The maximum absolute atomic E-state index is 13.1. The van der Waals surface area contributed by atoms with Crippen molar-refractivity contribution < 1.29 is 9.59 Å². The third kappa shape index (κ3) is 6.59. The molecule has 2 N–H and O–H groups in total. The van der Waals surface area contributed by atoms with Gasteiger partial charge in [-0.25, -0.2) is 9.48 Å². The molecule has 0 fully saturated rings. The fourth-order valence-corrected chi connectivity index (χ4v) is 4.02. The Bertz CT molecular complexity index is 1240. The molecule has 3 rings (SSSR count). The zero-order valence-corrected chi connectivity index (χ0v) is 23.1. The summed E-state index contributed by atoms with van der Waals surface area (Å²) in [4.78, 5) is 27.7. The molecule has 0 atom stereocenters. The first-order chi connectivity index (χ1) is 16.9. The summed E-state index contributed by atoms with van der Waals surface area (Å²) in [6, 6.07) is 12.5. The molecule has 0 saturated heterocycles. The number of hydrogen-bond acceptors (Lipinski definition) is 3. The van der Waals surface area contributed by atoms with Gasteiger partial charge in [-0.15, -0.1) is 0 Å². The van der Waals surface area contributed by atoms with Crippen LogP contribution < -0.4 is 10.6 Å². The largest absolute Gasteiger partial charge is 0.322 e. The van der Waals surface area contributed by atoms with Crippen molar-refractivity contribution >= 4 is 46.6 Å². The number of anilines is 2. The van der Waals surface area contributed by atoms with Gasteiger partial charge in [-0.05, 0) is 49.6 Å². The van der Waals surface area contributed by atoms with Crippen LogP contribution in [-0.4, -0.2) is 39.7 Å². The molecular weight excluding hydrogens is 497 g/mol. The molecule has 0 bridgehead atoms.